The Balaban J connectivity index is 1.92. The number of anilines is 1. The van der Waals surface area contributed by atoms with Crippen LogP contribution in [0.25, 0.3) is 0 Å². The van der Waals surface area contributed by atoms with Crippen LogP contribution in [0, 0.1) is 5.92 Å². The standard InChI is InChI=1S/C20H23NO/c1-3-19(20(22)21-18-12-8-5-9-13-18)16(2)14-15-17-10-6-4-7-11-17/h4-13,19H,2-3,14-15H2,1H3,(H,21,22)/t19-/m0/s1. The third-order valence-corrected chi connectivity index (χ3v) is 3.84. The summed E-state index contributed by atoms with van der Waals surface area (Å²) in [6.45, 7) is 6.17. The number of amides is 1. The molecule has 0 saturated carbocycles. The number of rotatable bonds is 7. The Morgan fingerprint density at radius 2 is 1.64 bits per heavy atom. The second kappa shape index (κ2) is 8.18. The second-order valence-corrected chi connectivity index (χ2v) is 5.46. The van der Waals surface area contributed by atoms with Crippen LogP contribution in [0.5, 0.6) is 0 Å². The molecule has 1 amide bonds. The van der Waals surface area contributed by atoms with Gasteiger partial charge in [-0.25, -0.2) is 0 Å². The molecule has 0 aliphatic heterocycles. The molecule has 1 N–H and O–H groups in total. The molecule has 0 aromatic heterocycles. The summed E-state index contributed by atoms with van der Waals surface area (Å²) >= 11 is 0. The van der Waals surface area contributed by atoms with Crippen LogP contribution in [0.1, 0.15) is 25.3 Å². The van der Waals surface area contributed by atoms with Crippen molar-refractivity contribution < 1.29 is 4.79 Å². The zero-order valence-electron chi connectivity index (χ0n) is 13.1. The molecule has 1 atom stereocenters. The average Bonchev–Trinajstić information content (AvgIpc) is 2.55. The summed E-state index contributed by atoms with van der Waals surface area (Å²) in [5.74, 6) is -0.101. The van der Waals surface area contributed by atoms with E-state index in [1.54, 1.807) is 0 Å². The lowest BCUT2D eigenvalue weighted by Gasteiger charge is -2.18. The molecule has 2 heteroatoms. The first-order valence-corrected chi connectivity index (χ1v) is 7.78. The number of aryl methyl sites for hydroxylation is 1. The lowest BCUT2D eigenvalue weighted by molar-refractivity contribution is -0.118. The molecule has 2 aromatic rings. The first-order chi connectivity index (χ1) is 10.7. The molecule has 0 spiro atoms. The molecular formula is C20H23NO. The van der Waals surface area contributed by atoms with E-state index in [4.69, 9.17) is 0 Å². The SMILES string of the molecule is C=C(CCc1ccccc1)[C@H](CC)C(=O)Nc1ccccc1. The summed E-state index contributed by atoms with van der Waals surface area (Å²) in [7, 11) is 0. The number of para-hydroxylation sites is 1. The van der Waals surface area contributed by atoms with Gasteiger partial charge in [-0.1, -0.05) is 67.6 Å². The number of nitrogens with one attached hydrogen (secondary N) is 1. The highest BCUT2D eigenvalue weighted by Gasteiger charge is 2.19. The molecule has 114 valence electrons. The minimum Gasteiger partial charge on any atom is -0.326 e. The first kappa shape index (κ1) is 16.0. The first-order valence-electron chi connectivity index (χ1n) is 7.78. The van der Waals surface area contributed by atoms with E-state index in [-0.39, 0.29) is 11.8 Å². The predicted molar refractivity (Wildman–Crippen MR) is 92.8 cm³/mol. The molecule has 2 rings (SSSR count). The van der Waals surface area contributed by atoms with Crippen LogP contribution in [0.2, 0.25) is 0 Å². The summed E-state index contributed by atoms with van der Waals surface area (Å²) in [5, 5.41) is 2.97. The highest BCUT2D eigenvalue weighted by molar-refractivity contribution is 5.94. The Kier molecular flexibility index (Phi) is 5.96. The van der Waals surface area contributed by atoms with Gasteiger partial charge >= 0.3 is 0 Å². The minimum atomic E-state index is -0.135. The van der Waals surface area contributed by atoms with Crippen molar-refractivity contribution >= 4 is 11.6 Å². The maximum absolute atomic E-state index is 12.4. The quantitative estimate of drug-likeness (QED) is 0.727. The molecule has 0 aliphatic carbocycles. The smallest absolute Gasteiger partial charge is 0.231 e. The fourth-order valence-electron chi connectivity index (χ4n) is 2.53. The van der Waals surface area contributed by atoms with Gasteiger partial charge in [-0.05, 0) is 37.0 Å². The van der Waals surface area contributed by atoms with Crippen molar-refractivity contribution in [1.29, 1.82) is 0 Å². The molecule has 0 saturated heterocycles. The van der Waals surface area contributed by atoms with Gasteiger partial charge in [0.2, 0.25) is 5.91 Å². The number of hydrogen-bond donors (Lipinski definition) is 1. The van der Waals surface area contributed by atoms with E-state index < -0.39 is 0 Å². The molecule has 0 radical (unpaired) electrons. The van der Waals surface area contributed by atoms with Crippen molar-refractivity contribution in [2.45, 2.75) is 26.2 Å². The topological polar surface area (TPSA) is 29.1 Å². The molecule has 2 nitrogen and oxygen atoms in total. The van der Waals surface area contributed by atoms with Gasteiger partial charge in [-0.2, -0.15) is 0 Å². The minimum absolute atomic E-state index is 0.0340. The summed E-state index contributed by atoms with van der Waals surface area (Å²) in [6, 6.07) is 19.9. The fourth-order valence-corrected chi connectivity index (χ4v) is 2.53. The van der Waals surface area contributed by atoms with Crippen LogP contribution in [0.15, 0.2) is 72.8 Å². The van der Waals surface area contributed by atoms with Gasteiger partial charge in [-0.3, -0.25) is 4.79 Å². The summed E-state index contributed by atoms with van der Waals surface area (Å²) in [5.41, 5.74) is 3.11. The lowest BCUT2D eigenvalue weighted by Crippen LogP contribution is -2.24. The van der Waals surface area contributed by atoms with Crippen molar-refractivity contribution in [3.05, 3.63) is 78.4 Å². The predicted octanol–water partition coefficient (Wildman–Crippen LogP) is 4.84. The van der Waals surface area contributed by atoms with E-state index in [1.165, 1.54) is 5.56 Å². The number of hydrogen-bond acceptors (Lipinski definition) is 1. The van der Waals surface area contributed by atoms with Crippen LogP contribution in [0.4, 0.5) is 5.69 Å². The van der Waals surface area contributed by atoms with Crippen molar-refractivity contribution in [2.75, 3.05) is 5.32 Å². The number of carbonyl (C=O) groups excluding carboxylic acids is 1. The average molecular weight is 293 g/mol. The number of benzene rings is 2. The largest absolute Gasteiger partial charge is 0.326 e. The van der Waals surface area contributed by atoms with Gasteiger partial charge in [0, 0.05) is 5.69 Å². The summed E-state index contributed by atoms with van der Waals surface area (Å²) in [4.78, 5) is 12.4. The molecule has 22 heavy (non-hydrogen) atoms. The third-order valence-electron chi connectivity index (χ3n) is 3.84. The maximum atomic E-state index is 12.4. The fraction of sp³-hybridized carbons (Fsp3) is 0.250. The zero-order chi connectivity index (χ0) is 15.8. The normalized spacial score (nSPS) is 11.7. The molecule has 0 heterocycles. The van der Waals surface area contributed by atoms with Crippen LogP contribution in [-0.4, -0.2) is 5.91 Å². The van der Waals surface area contributed by atoms with E-state index in [2.05, 4.69) is 24.0 Å². The monoisotopic (exact) mass is 293 g/mol. The Morgan fingerprint density at radius 3 is 2.23 bits per heavy atom. The van der Waals surface area contributed by atoms with Crippen molar-refractivity contribution in [2.24, 2.45) is 5.92 Å². The Bertz CT molecular complexity index is 604. The van der Waals surface area contributed by atoms with Crippen LogP contribution < -0.4 is 5.32 Å². The van der Waals surface area contributed by atoms with Crippen LogP contribution >= 0.6 is 0 Å². The van der Waals surface area contributed by atoms with Crippen molar-refractivity contribution in [3.8, 4) is 0 Å². The van der Waals surface area contributed by atoms with E-state index in [9.17, 15) is 4.79 Å². The van der Waals surface area contributed by atoms with Gasteiger partial charge in [-0.15, -0.1) is 0 Å². The lowest BCUT2D eigenvalue weighted by atomic mass is 9.91. The van der Waals surface area contributed by atoms with Gasteiger partial charge < -0.3 is 5.32 Å². The van der Waals surface area contributed by atoms with Gasteiger partial charge in [0.1, 0.15) is 0 Å². The van der Waals surface area contributed by atoms with Crippen molar-refractivity contribution in [1.82, 2.24) is 0 Å². The highest BCUT2D eigenvalue weighted by atomic mass is 16.1. The van der Waals surface area contributed by atoms with Crippen molar-refractivity contribution in [3.63, 3.8) is 0 Å². The Hall–Kier alpha value is -2.35. The summed E-state index contributed by atoms with van der Waals surface area (Å²) in [6.07, 6.45) is 2.53. The van der Waals surface area contributed by atoms with E-state index in [0.29, 0.717) is 0 Å². The highest BCUT2D eigenvalue weighted by Crippen LogP contribution is 2.21. The van der Waals surface area contributed by atoms with Crippen LogP contribution in [0.3, 0.4) is 0 Å². The molecule has 0 bridgehead atoms. The maximum Gasteiger partial charge on any atom is 0.231 e. The Labute approximate surface area is 132 Å². The van der Waals surface area contributed by atoms with Gasteiger partial charge in [0.15, 0.2) is 0 Å². The molecule has 0 fully saturated rings. The third kappa shape index (κ3) is 4.59. The van der Waals surface area contributed by atoms with Gasteiger partial charge in [0.05, 0.1) is 5.92 Å². The van der Waals surface area contributed by atoms with E-state index in [1.807, 2.05) is 55.5 Å². The van der Waals surface area contributed by atoms with E-state index in [0.717, 1.165) is 30.5 Å². The Morgan fingerprint density at radius 1 is 1.05 bits per heavy atom. The number of carbonyl (C=O) groups is 1. The van der Waals surface area contributed by atoms with Crippen LogP contribution in [-0.2, 0) is 11.2 Å². The molecule has 0 aliphatic rings. The zero-order valence-corrected chi connectivity index (χ0v) is 13.1. The molecule has 0 unspecified atom stereocenters. The molecule has 2 aromatic carbocycles. The second-order valence-electron chi connectivity index (χ2n) is 5.46. The summed E-state index contributed by atoms with van der Waals surface area (Å²) < 4.78 is 0. The molecular weight excluding hydrogens is 270 g/mol. The van der Waals surface area contributed by atoms with Gasteiger partial charge in [0.25, 0.3) is 0 Å². The van der Waals surface area contributed by atoms with E-state index >= 15 is 0 Å².